The Bertz CT molecular complexity index is 1740. The van der Waals surface area contributed by atoms with Crippen molar-refractivity contribution in [1.29, 1.82) is 0 Å². The number of sulfonamides is 1. The predicted molar refractivity (Wildman–Crippen MR) is 134 cm³/mol. The van der Waals surface area contributed by atoms with E-state index in [0.29, 0.717) is 22.9 Å². The van der Waals surface area contributed by atoms with E-state index < -0.39 is 27.3 Å². The van der Waals surface area contributed by atoms with E-state index >= 15 is 0 Å². The van der Waals surface area contributed by atoms with Crippen molar-refractivity contribution in [3.8, 4) is 11.3 Å². The summed E-state index contributed by atoms with van der Waals surface area (Å²) in [6.07, 6.45) is -4.41. The van der Waals surface area contributed by atoms with Gasteiger partial charge in [-0.15, -0.1) is 0 Å². The molecule has 0 unspecified atom stereocenters. The Morgan fingerprint density at radius 1 is 0.865 bits per heavy atom. The molecule has 3 N–H and O–H groups in total. The fourth-order valence-electron chi connectivity index (χ4n) is 4.00. The lowest BCUT2D eigenvalue weighted by Gasteiger charge is -2.11. The van der Waals surface area contributed by atoms with Crippen molar-refractivity contribution in [2.75, 3.05) is 4.72 Å². The molecule has 5 rings (SSSR count). The van der Waals surface area contributed by atoms with Crippen LogP contribution < -0.4 is 10.3 Å². The van der Waals surface area contributed by atoms with Crippen molar-refractivity contribution < 1.29 is 21.6 Å². The van der Waals surface area contributed by atoms with Crippen LogP contribution in [0, 0.1) is 0 Å². The predicted octanol–water partition coefficient (Wildman–Crippen LogP) is 5.33. The van der Waals surface area contributed by atoms with Gasteiger partial charge in [-0.25, -0.2) is 8.42 Å². The highest BCUT2D eigenvalue weighted by molar-refractivity contribution is 7.92. The zero-order valence-corrected chi connectivity index (χ0v) is 19.8. The number of alkyl halides is 3. The summed E-state index contributed by atoms with van der Waals surface area (Å²) in [6.45, 7) is 0. The third-order valence-electron chi connectivity index (χ3n) is 5.75. The van der Waals surface area contributed by atoms with Gasteiger partial charge in [0.1, 0.15) is 5.82 Å². The van der Waals surface area contributed by atoms with E-state index in [1.165, 1.54) is 24.3 Å². The first-order chi connectivity index (χ1) is 17.6. The molecule has 0 atom stereocenters. The van der Waals surface area contributed by atoms with Crippen molar-refractivity contribution in [1.82, 2.24) is 15.2 Å². The van der Waals surface area contributed by atoms with E-state index in [0.717, 1.165) is 5.56 Å². The van der Waals surface area contributed by atoms with Gasteiger partial charge in [0, 0.05) is 28.6 Å². The van der Waals surface area contributed by atoms with E-state index in [9.17, 15) is 26.4 Å². The molecule has 5 aromatic rings. The maximum absolute atomic E-state index is 13.4. The van der Waals surface area contributed by atoms with E-state index in [1.807, 2.05) is 30.3 Å². The number of hydrogen-bond acceptors (Lipinski definition) is 4. The van der Waals surface area contributed by atoms with Gasteiger partial charge in [0.05, 0.1) is 16.2 Å². The molecule has 2 aromatic heterocycles. The highest BCUT2D eigenvalue weighted by atomic mass is 32.2. The fourth-order valence-corrected chi connectivity index (χ4v) is 5.01. The number of hydrogen-bond donors (Lipinski definition) is 3. The van der Waals surface area contributed by atoms with Crippen LogP contribution in [0.1, 0.15) is 16.7 Å². The Labute approximate surface area is 209 Å². The molecule has 0 fully saturated rings. The van der Waals surface area contributed by atoms with Crippen LogP contribution in [0.15, 0.2) is 94.6 Å². The number of aromatic nitrogens is 3. The molecule has 37 heavy (non-hydrogen) atoms. The van der Waals surface area contributed by atoms with Crippen LogP contribution in [0.4, 0.5) is 19.0 Å². The van der Waals surface area contributed by atoms with Crippen LogP contribution in [-0.2, 0) is 22.6 Å². The molecule has 7 nitrogen and oxygen atoms in total. The Balaban J connectivity index is 1.35. The summed E-state index contributed by atoms with van der Waals surface area (Å²) in [5.74, 6) is 0.206. The topological polar surface area (TPSA) is 108 Å². The highest BCUT2D eigenvalue weighted by Gasteiger charge is 2.33. The van der Waals surface area contributed by atoms with Crippen molar-refractivity contribution in [3.05, 3.63) is 112 Å². The zero-order chi connectivity index (χ0) is 26.2. The number of benzene rings is 3. The molecule has 0 saturated carbocycles. The lowest BCUT2D eigenvalue weighted by molar-refractivity contribution is -0.136. The second-order valence-corrected chi connectivity index (χ2v) is 10.1. The van der Waals surface area contributed by atoms with E-state index in [2.05, 4.69) is 19.9 Å². The summed E-state index contributed by atoms with van der Waals surface area (Å²) >= 11 is 0. The summed E-state index contributed by atoms with van der Waals surface area (Å²) in [6, 6.07) is 21.9. The molecule has 11 heteroatoms. The molecule has 0 aliphatic rings. The number of anilines is 1. The van der Waals surface area contributed by atoms with Crippen LogP contribution in [-0.4, -0.2) is 23.6 Å². The third-order valence-corrected chi connectivity index (χ3v) is 7.13. The number of H-pyrrole nitrogens is 2. The summed E-state index contributed by atoms with van der Waals surface area (Å²) < 4.78 is 68.4. The second-order valence-electron chi connectivity index (χ2n) is 8.38. The molecular formula is C26H19F3N4O3S. The molecule has 0 aliphatic carbocycles. The van der Waals surface area contributed by atoms with Gasteiger partial charge in [-0.1, -0.05) is 48.5 Å². The number of rotatable bonds is 6. The monoisotopic (exact) mass is 524 g/mol. The number of pyridine rings is 1. The molecule has 0 bridgehead atoms. The lowest BCUT2D eigenvalue weighted by Crippen LogP contribution is -2.14. The molecule has 2 heterocycles. The largest absolute Gasteiger partial charge is 0.417 e. The van der Waals surface area contributed by atoms with Gasteiger partial charge in [0.15, 0.2) is 0 Å². The minimum atomic E-state index is -4.68. The first-order valence-corrected chi connectivity index (χ1v) is 12.5. The maximum Gasteiger partial charge on any atom is 0.417 e. The maximum atomic E-state index is 13.4. The van der Waals surface area contributed by atoms with E-state index in [1.54, 1.807) is 24.3 Å². The first kappa shape index (κ1) is 24.3. The van der Waals surface area contributed by atoms with Crippen LogP contribution in [0.5, 0.6) is 0 Å². The first-order valence-electron chi connectivity index (χ1n) is 11.0. The summed E-state index contributed by atoms with van der Waals surface area (Å²) in [4.78, 5) is 14.0. The van der Waals surface area contributed by atoms with Crippen molar-refractivity contribution >= 4 is 26.7 Å². The Morgan fingerprint density at radius 2 is 1.57 bits per heavy atom. The molecule has 0 amide bonds. The van der Waals surface area contributed by atoms with Crippen LogP contribution in [0.3, 0.4) is 0 Å². The molecule has 0 aliphatic heterocycles. The van der Waals surface area contributed by atoms with E-state index in [4.69, 9.17) is 0 Å². The average molecular weight is 525 g/mol. The van der Waals surface area contributed by atoms with Crippen molar-refractivity contribution in [3.63, 3.8) is 0 Å². The normalized spacial score (nSPS) is 12.1. The quantitative estimate of drug-likeness (QED) is 0.279. The molecule has 0 spiro atoms. The van der Waals surface area contributed by atoms with Crippen molar-refractivity contribution in [2.24, 2.45) is 0 Å². The molecule has 188 valence electrons. The van der Waals surface area contributed by atoms with Gasteiger partial charge in [0.25, 0.3) is 10.0 Å². The third kappa shape index (κ3) is 5.26. The minimum absolute atomic E-state index is 0.0163. The summed E-state index contributed by atoms with van der Waals surface area (Å²) in [5.41, 5.74) is 0.941. The van der Waals surface area contributed by atoms with Gasteiger partial charge in [0.2, 0.25) is 5.56 Å². The number of fused-ring (bicyclic) bond motifs is 1. The minimum Gasteiger partial charge on any atom is -0.322 e. The van der Waals surface area contributed by atoms with Gasteiger partial charge >= 0.3 is 6.18 Å². The number of nitrogens with zero attached hydrogens (tertiary/aromatic N) is 1. The smallest absolute Gasteiger partial charge is 0.322 e. The lowest BCUT2D eigenvalue weighted by atomic mass is 10.0. The standard InChI is InChI=1S/C26H19F3N4O3S/c27-26(28,29)21-14-25(34)30-22-11-8-17(13-20(21)22)12-16-6-9-19(10-7-16)37(35,36)33-24-15-23(31-32-24)18-4-2-1-3-5-18/h1-11,13-15H,12H2,(H,30,34)(H2,31,32,33). The molecule has 0 saturated heterocycles. The number of nitrogens with one attached hydrogen (secondary N) is 3. The summed E-state index contributed by atoms with van der Waals surface area (Å²) in [5, 5.41) is 6.69. The fraction of sp³-hybridized carbons (Fsp3) is 0.0769. The zero-order valence-electron chi connectivity index (χ0n) is 19.0. The average Bonchev–Trinajstić information content (AvgIpc) is 3.32. The molecule has 0 radical (unpaired) electrons. The van der Waals surface area contributed by atoms with Crippen LogP contribution >= 0.6 is 0 Å². The Morgan fingerprint density at radius 3 is 2.27 bits per heavy atom. The molecule has 3 aromatic carbocycles. The van der Waals surface area contributed by atoms with Gasteiger partial charge in [-0.05, 0) is 41.8 Å². The van der Waals surface area contributed by atoms with Gasteiger partial charge in [-0.2, -0.15) is 18.3 Å². The van der Waals surface area contributed by atoms with E-state index in [-0.39, 0.29) is 28.0 Å². The Kier molecular flexibility index (Phi) is 6.08. The molecular weight excluding hydrogens is 505 g/mol. The van der Waals surface area contributed by atoms with Crippen LogP contribution in [0.2, 0.25) is 0 Å². The van der Waals surface area contributed by atoms with Crippen LogP contribution in [0.25, 0.3) is 22.2 Å². The van der Waals surface area contributed by atoms with Gasteiger partial charge in [-0.3, -0.25) is 14.6 Å². The summed E-state index contributed by atoms with van der Waals surface area (Å²) in [7, 11) is -3.91. The SMILES string of the molecule is O=c1cc(C(F)(F)F)c2cc(Cc3ccc(S(=O)(=O)Nc4cc(-c5ccccc5)n[nH]4)cc3)ccc2[nH]1. The van der Waals surface area contributed by atoms with Crippen molar-refractivity contribution in [2.45, 2.75) is 17.5 Å². The number of halogens is 3. The van der Waals surface area contributed by atoms with Gasteiger partial charge < -0.3 is 4.98 Å². The number of aromatic amines is 2. The second kappa shape index (κ2) is 9.25. The highest BCUT2D eigenvalue weighted by Crippen LogP contribution is 2.34. The Hall–Kier alpha value is -4.38.